The third-order valence-corrected chi connectivity index (χ3v) is 20.1. The van der Waals surface area contributed by atoms with Crippen LogP contribution in [0.3, 0.4) is 0 Å². The second-order valence-electron chi connectivity index (χ2n) is 21.6. The summed E-state index contributed by atoms with van der Waals surface area (Å²) in [6, 6.07) is 0. The molecule has 7 aliphatic rings. The van der Waals surface area contributed by atoms with E-state index >= 15 is 0 Å². The number of allylic oxidation sites excluding steroid dienone is 2. The van der Waals surface area contributed by atoms with Gasteiger partial charge in [-0.1, -0.05) is 91.3 Å². The van der Waals surface area contributed by atoms with E-state index in [-0.39, 0.29) is 53.5 Å². The maximum atomic E-state index is 14.8. The second-order valence-corrected chi connectivity index (χ2v) is 26.4. The van der Waals surface area contributed by atoms with Crippen molar-refractivity contribution >= 4 is 20.3 Å². The lowest BCUT2D eigenvalue weighted by atomic mass is 9.71. The molecule has 1 saturated carbocycles. The van der Waals surface area contributed by atoms with E-state index in [0.29, 0.717) is 31.3 Å². The zero-order chi connectivity index (χ0) is 46.5. The molecule has 16 atom stereocenters. The standard InChI is InChI=1S/C51H78O12Si/c1-14-29(2)43-32(5)22-23-50(62-43)27-38-25-37(61-50)21-18-31(4)42(59-41-26-40(55-11)45(34(7)57-41)60-47(52)35-19-20-35)30(3)16-15-17-36-28-56-46-44(63-64(12,13)49(8,9)10)33(6)24-39(48(53)58-38)51(36,46)54/h15-18,22-24,29-30,32,34-35,37-46,54H,14,19-21,25-28H2,1-13H3/b16-15+,31-18+,36-17+/t29-,30-,32-,34?,37+,38-,39?,40?,41?,42-,43+,44+,45?,46+,50?,51+/m0/s1. The van der Waals surface area contributed by atoms with E-state index in [1.54, 1.807) is 7.11 Å². The monoisotopic (exact) mass is 911 g/mol. The van der Waals surface area contributed by atoms with E-state index in [1.165, 1.54) is 0 Å². The van der Waals surface area contributed by atoms with Gasteiger partial charge in [0.1, 0.15) is 29.8 Å². The number of rotatable bonds is 9. The van der Waals surface area contributed by atoms with Crippen LogP contribution < -0.4 is 0 Å². The number of esters is 2. The molecule has 0 aromatic rings. The summed E-state index contributed by atoms with van der Waals surface area (Å²) in [4.78, 5) is 27.5. The molecule has 0 amide bonds. The van der Waals surface area contributed by atoms with Crippen molar-refractivity contribution in [3.05, 3.63) is 59.3 Å². The Kier molecular flexibility index (Phi) is 14.9. The molecular weight excluding hydrogens is 833 g/mol. The van der Waals surface area contributed by atoms with Crippen LogP contribution in [-0.4, -0.2) is 112 Å². The van der Waals surface area contributed by atoms with Gasteiger partial charge >= 0.3 is 11.9 Å². The van der Waals surface area contributed by atoms with Gasteiger partial charge in [-0.2, -0.15) is 0 Å². The normalized spacial score (nSPS) is 43.5. The molecule has 4 fully saturated rings. The first kappa shape index (κ1) is 49.4. The van der Waals surface area contributed by atoms with Crippen molar-refractivity contribution in [1.82, 2.24) is 0 Å². The summed E-state index contributed by atoms with van der Waals surface area (Å²) in [5.74, 6) is -2.58. The zero-order valence-corrected chi connectivity index (χ0v) is 41.8. The highest BCUT2D eigenvalue weighted by Gasteiger charge is 2.61. The molecule has 1 N–H and O–H groups in total. The molecule has 13 heteroatoms. The zero-order valence-electron chi connectivity index (χ0n) is 40.8. The summed E-state index contributed by atoms with van der Waals surface area (Å²) in [7, 11) is -0.729. The summed E-state index contributed by atoms with van der Waals surface area (Å²) in [6.07, 6.45) is 13.5. The van der Waals surface area contributed by atoms with E-state index in [0.717, 1.165) is 30.4 Å². The highest BCUT2D eigenvalue weighted by Crippen LogP contribution is 2.50. The fourth-order valence-electron chi connectivity index (χ4n) is 10.2. The highest BCUT2D eigenvalue weighted by molar-refractivity contribution is 6.74. The van der Waals surface area contributed by atoms with Crippen molar-refractivity contribution in [2.24, 2.45) is 29.6 Å². The lowest BCUT2D eigenvalue weighted by molar-refractivity contribution is -0.300. The first-order chi connectivity index (χ1) is 30.1. The van der Waals surface area contributed by atoms with E-state index in [9.17, 15) is 14.7 Å². The van der Waals surface area contributed by atoms with Gasteiger partial charge in [0.15, 0.2) is 26.5 Å². The molecule has 5 heterocycles. The molecule has 2 aliphatic carbocycles. The molecule has 3 saturated heterocycles. The third kappa shape index (κ3) is 10.2. The van der Waals surface area contributed by atoms with Gasteiger partial charge in [-0.25, -0.2) is 0 Å². The van der Waals surface area contributed by atoms with E-state index in [1.807, 2.05) is 38.2 Å². The van der Waals surface area contributed by atoms with Crippen LogP contribution in [-0.2, 0) is 51.9 Å². The molecule has 0 aromatic heterocycles. The number of fused-ring (bicyclic) bond motifs is 2. The Labute approximate surface area is 383 Å². The van der Waals surface area contributed by atoms with Crippen LogP contribution >= 0.6 is 0 Å². The van der Waals surface area contributed by atoms with Gasteiger partial charge in [0, 0.05) is 38.2 Å². The topological polar surface area (TPSA) is 137 Å². The summed E-state index contributed by atoms with van der Waals surface area (Å²) in [5.41, 5.74) is 0.668. The fourth-order valence-corrected chi connectivity index (χ4v) is 11.5. The molecule has 6 unspecified atom stereocenters. The number of hydrogen-bond donors (Lipinski definition) is 1. The van der Waals surface area contributed by atoms with Crippen LogP contribution in [0.4, 0.5) is 0 Å². The van der Waals surface area contributed by atoms with Crippen molar-refractivity contribution < 1.29 is 57.0 Å². The van der Waals surface area contributed by atoms with Gasteiger partial charge in [-0.15, -0.1) is 0 Å². The Bertz CT molecular complexity index is 1860. The first-order valence-electron chi connectivity index (χ1n) is 24.1. The molecule has 1 spiro atoms. The molecule has 0 aromatic carbocycles. The first-order valence-corrected chi connectivity index (χ1v) is 27.0. The maximum absolute atomic E-state index is 14.8. The Balaban J connectivity index is 1.25. The molecule has 0 radical (unpaired) electrons. The summed E-state index contributed by atoms with van der Waals surface area (Å²) >= 11 is 0. The average Bonchev–Trinajstić information content (AvgIpc) is 4.03. The molecule has 5 aliphatic heterocycles. The van der Waals surface area contributed by atoms with Crippen molar-refractivity contribution in [2.45, 2.75) is 205 Å². The second kappa shape index (κ2) is 19.3. The Morgan fingerprint density at radius 3 is 2.42 bits per heavy atom. The van der Waals surface area contributed by atoms with Crippen molar-refractivity contribution in [3.63, 3.8) is 0 Å². The number of hydrogen-bond acceptors (Lipinski definition) is 12. The number of aliphatic hydroxyl groups is 1. The number of ether oxygens (including phenoxy) is 8. The van der Waals surface area contributed by atoms with Crippen molar-refractivity contribution in [2.75, 3.05) is 13.7 Å². The van der Waals surface area contributed by atoms with Crippen molar-refractivity contribution in [3.8, 4) is 0 Å². The lowest BCUT2D eigenvalue weighted by Gasteiger charge is -2.49. The van der Waals surface area contributed by atoms with Gasteiger partial charge in [0.05, 0.1) is 43.0 Å². The van der Waals surface area contributed by atoms with Gasteiger partial charge in [0.25, 0.3) is 0 Å². The Morgan fingerprint density at radius 2 is 1.75 bits per heavy atom. The van der Waals surface area contributed by atoms with Crippen molar-refractivity contribution in [1.29, 1.82) is 0 Å². The Morgan fingerprint density at radius 1 is 1.02 bits per heavy atom. The summed E-state index contributed by atoms with van der Waals surface area (Å²) in [6.45, 7) is 25.6. The Hall–Kier alpha value is -2.46. The largest absolute Gasteiger partial charge is 0.462 e. The summed E-state index contributed by atoms with van der Waals surface area (Å²) in [5, 5.41) is 13.0. The quantitative estimate of drug-likeness (QED) is 0.134. The predicted molar refractivity (Wildman–Crippen MR) is 245 cm³/mol. The minimum absolute atomic E-state index is 0.0348. The van der Waals surface area contributed by atoms with Crippen LogP contribution in [0, 0.1) is 29.6 Å². The van der Waals surface area contributed by atoms with E-state index in [4.69, 9.17) is 42.3 Å². The van der Waals surface area contributed by atoms with Crippen LogP contribution in [0.2, 0.25) is 18.1 Å². The maximum Gasteiger partial charge on any atom is 0.316 e. The smallest absolute Gasteiger partial charge is 0.316 e. The number of methoxy groups -OCH3 is 1. The van der Waals surface area contributed by atoms with Gasteiger partial charge in [0.2, 0.25) is 0 Å². The predicted octanol–water partition coefficient (Wildman–Crippen LogP) is 8.83. The average molecular weight is 911 g/mol. The van der Waals surface area contributed by atoms with Crippen LogP contribution in [0.1, 0.15) is 114 Å². The summed E-state index contributed by atoms with van der Waals surface area (Å²) < 4.78 is 59.2. The SMILES string of the molecule is CC[C@H](C)[C@H]1OC2(C=C[C@@H]1C)C[C@@H]1C[C@@H](C/C=C(\C)[C@@H](OC3CC(OC)C(OC(=O)C4CC4)C(C)O3)[C@@H](C)/C=C/C=C3\CO[C@@H]4[C@H](O[Si](C)(C)C(C)(C)C)C(C)=CC(C(=O)O1)[C@]34O)O2. The fraction of sp³-hybridized carbons (Fsp3) is 0.765. The van der Waals surface area contributed by atoms with Gasteiger partial charge < -0.3 is 47.4 Å². The molecular formula is C51H78O12Si. The lowest BCUT2D eigenvalue weighted by Crippen LogP contribution is -2.60. The van der Waals surface area contributed by atoms with Crippen LogP contribution in [0.15, 0.2) is 59.3 Å². The minimum atomic E-state index is -2.36. The number of carbonyl (C=O) groups excluding carboxylic acids is 2. The molecule has 358 valence electrons. The van der Waals surface area contributed by atoms with Crippen LogP contribution in [0.25, 0.3) is 0 Å². The van der Waals surface area contributed by atoms with E-state index in [2.05, 4.69) is 86.7 Å². The molecule has 7 rings (SSSR count). The van der Waals surface area contributed by atoms with Gasteiger partial charge in [-0.05, 0) is 86.9 Å². The molecule has 12 nitrogen and oxygen atoms in total. The van der Waals surface area contributed by atoms with Gasteiger partial charge in [-0.3, -0.25) is 9.59 Å². The molecule has 64 heavy (non-hydrogen) atoms. The van der Waals surface area contributed by atoms with E-state index < -0.39 is 80.6 Å². The molecule has 2 bridgehead atoms. The minimum Gasteiger partial charge on any atom is -0.462 e. The highest BCUT2D eigenvalue weighted by atomic mass is 28.4. The third-order valence-electron chi connectivity index (χ3n) is 15.6. The number of carbonyl (C=O) groups is 2. The van der Waals surface area contributed by atoms with Crippen LogP contribution in [0.5, 0.6) is 0 Å².